The van der Waals surface area contributed by atoms with Crippen LogP contribution in [0, 0.1) is 20.8 Å². The molecule has 0 aliphatic rings. The van der Waals surface area contributed by atoms with Gasteiger partial charge in [0, 0.05) is 18.1 Å². The number of aromatic nitrogens is 3. The van der Waals surface area contributed by atoms with Gasteiger partial charge in [-0.15, -0.1) is 0 Å². The van der Waals surface area contributed by atoms with E-state index in [1.165, 1.54) is 24.3 Å². The molecule has 0 radical (unpaired) electrons. The predicted molar refractivity (Wildman–Crippen MR) is 96.2 cm³/mol. The number of rotatable bonds is 5. The largest absolute Gasteiger partial charge is 0.418 e. The van der Waals surface area contributed by atoms with Crippen LogP contribution in [0.5, 0.6) is 0 Å². The lowest BCUT2D eigenvalue weighted by molar-refractivity contribution is -0.137. The quantitative estimate of drug-likeness (QED) is 0.700. The zero-order valence-electron chi connectivity index (χ0n) is 15.6. The van der Waals surface area contributed by atoms with Gasteiger partial charge in [-0.1, -0.05) is 17.3 Å². The highest BCUT2D eigenvalue weighted by Gasteiger charge is 2.34. The normalized spacial score (nSPS) is 11.6. The molecule has 2 heterocycles. The predicted octanol–water partition coefficient (Wildman–Crippen LogP) is 4.38. The lowest BCUT2D eigenvalue weighted by Gasteiger charge is -2.15. The van der Waals surface area contributed by atoms with E-state index in [-0.39, 0.29) is 23.8 Å². The fraction of sp³-hybridized carbons (Fsp3) is 0.316. The molecule has 0 saturated carbocycles. The molecule has 0 atom stereocenters. The molecular formula is C19H19F3N4O2. The van der Waals surface area contributed by atoms with Crippen molar-refractivity contribution in [3.63, 3.8) is 0 Å². The number of nitrogens with zero attached hydrogens (tertiary/aromatic N) is 3. The van der Waals surface area contributed by atoms with Crippen molar-refractivity contribution >= 4 is 11.7 Å². The van der Waals surface area contributed by atoms with E-state index in [1.54, 1.807) is 20.8 Å². The number of carbonyl (C=O) groups is 1. The Hall–Kier alpha value is -3.10. The molecule has 1 N–H and O–H groups in total. The molecule has 28 heavy (non-hydrogen) atoms. The number of amides is 1. The Kier molecular flexibility index (Phi) is 5.26. The van der Waals surface area contributed by atoms with Crippen LogP contribution in [0.4, 0.5) is 19.0 Å². The van der Waals surface area contributed by atoms with Gasteiger partial charge in [-0.25, -0.2) is 4.68 Å². The summed E-state index contributed by atoms with van der Waals surface area (Å²) in [6.45, 7) is 5.20. The first-order valence-electron chi connectivity index (χ1n) is 8.61. The number of anilines is 1. The summed E-state index contributed by atoms with van der Waals surface area (Å²) in [6.07, 6.45) is -3.99. The molecule has 9 heteroatoms. The zero-order chi connectivity index (χ0) is 20.5. The van der Waals surface area contributed by atoms with Crippen molar-refractivity contribution < 1.29 is 22.5 Å². The van der Waals surface area contributed by atoms with Crippen LogP contribution in [0.3, 0.4) is 0 Å². The smallest absolute Gasteiger partial charge is 0.361 e. The van der Waals surface area contributed by atoms with E-state index in [4.69, 9.17) is 4.52 Å². The van der Waals surface area contributed by atoms with E-state index in [1.807, 2.05) is 0 Å². The SMILES string of the molecule is Cc1cc(NC(=O)CCc2c(C)noc2C)n(-c2ccccc2C(F)(F)F)n1. The monoisotopic (exact) mass is 392 g/mol. The van der Waals surface area contributed by atoms with E-state index in [2.05, 4.69) is 15.6 Å². The maximum Gasteiger partial charge on any atom is 0.418 e. The molecule has 1 aromatic carbocycles. The van der Waals surface area contributed by atoms with Gasteiger partial charge in [-0.2, -0.15) is 18.3 Å². The van der Waals surface area contributed by atoms with Gasteiger partial charge in [0.05, 0.1) is 22.6 Å². The van der Waals surface area contributed by atoms with E-state index >= 15 is 0 Å². The molecule has 2 aromatic heterocycles. The van der Waals surface area contributed by atoms with E-state index in [0.29, 0.717) is 23.6 Å². The van der Waals surface area contributed by atoms with Crippen LogP contribution in [0.25, 0.3) is 5.69 Å². The van der Waals surface area contributed by atoms with Gasteiger partial charge < -0.3 is 9.84 Å². The van der Waals surface area contributed by atoms with Crippen molar-refractivity contribution in [2.75, 3.05) is 5.32 Å². The van der Waals surface area contributed by atoms with Gasteiger partial charge in [0.15, 0.2) is 0 Å². The molecule has 1 amide bonds. The maximum absolute atomic E-state index is 13.3. The maximum atomic E-state index is 13.3. The third-order valence-electron chi connectivity index (χ3n) is 4.32. The third kappa shape index (κ3) is 4.08. The van der Waals surface area contributed by atoms with E-state index in [9.17, 15) is 18.0 Å². The zero-order valence-corrected chi connectivity index (χ0v) is 15.6. The van der Waals surface area contributed by atoms with Crippen molar-refractivity contribution in [1.82, 2.24) is 14.9 Å². The Morgan fingerprint density at radius 1 is 1.21 bits per heavy atom. The van der Waals surface area contributed by atoms with Gasteiger partial charge in [0.1, 0.15) is 11.6 Å². The second-order valence-corrected chi connectivity index (χ2v) is 6.45. The van der Waals surface area contributed by atoms with Crippen molar-refractivity contribution in [2.24, 2.45) is 0 Å². The molecule has 148 valence electrons. The lowest BCUT2D eigenvalue weighted by Crippen LogP contribution is -2.17. The summed E-state index contributed by atoms with van der Waals surface area (Å²) in [5.41, 5.74) is 1.07. The number of para-hydroxylation sites is 1. The van der Waals surface area contributed by atoms with Crippen LogP contribution in [0.1, 0.15) is 34.7 Å². The Bertz CT molecular complexity index is 986. The average Bonchev–Trinajstić information content (AvgIpc) is 3.14. The van der Waals surface area contributed by atoms with Crippen LogP contribution < -0.4 is 5.32 Å². The topological polar surface area (TPSA) is 73.0 Å². The number of hydrogen-bond acceptors (Lipinski definition) is 4. The van der Waals surface area contributed by atoms with Crippen molar-refractivity contribution in [3.8, 4) is 5.69 Å². The number of hydrogen-bond donors (Lipinski definition) is 1. The van der Waals surface area contributed by atoms with Crippen LogP contribution >= 0.6 is 0 Å². The van der Waals surface area contributed by atoms with Crippen LogP contribution in [-0.2, 0) is 17.4 Å². The molecular weight excluding hydrogens is 373 g/mol. The number of nitrogens with one attached hydrogen (secondary N) is 1. The summed E-state index contributed by atoms with van der Waals surface area (Å²) >= 11 is 0. The number of alkyl halides is 3. The molecule has 0 unspecified atom stereocenters. The van der Waals surface area contributed by atoms with Crippen molar-refractivity contribution in [3.05, 3.63) is 58.6 Å². The second-order valence-electron chi connectivity index (χ2n) is 6.45. The summed E-state index contributed by atoms with van der Waals surface area (Å²) in [5, 5.41) is 10.6. The molecule has 3 rings (SSSR count). The number of benzene rings is 1. The Labute approximate surface area is 159 Å². The van der Waals surface area contributed by atoms with Crippen molar-refractivity contribution in [2.45, 2.75) is 39.8 Å². The van der Waals surface area contributed by atoms with Crippen molar-refractivity contribution in [1.29, 1.82) is 0 Å². The summed E-state index contributed by atoms with van der Waals surface area (Å²) in [4.78, 5) is 12.4. The minimum atomic E-state index is -4.54. The van der Waals surface area contributed by atoms with Gasteiger partial charge in [0.25, 0.3) is 0 Å². The number of halogens is 3. The minimum absolute atomic E-state index is 0.133. The number of aryl methyl sites for hydroxylation is 3. The molecule has 3 aromatic rings. The average molecular weight is 392 g/mol. The van der Waals surface area contributed by atoms with Gasteiger partial charge in [-0.05, 0) is 39.3 Å². The summed E-state index contributed by atoms with van der Waals surface area (Å²) in [7, 11) is 0. The van der Waals surface area contributed by atoms with Gasteiger partial charge >= 0.3 is 6.18 Å². The molecule has 0 aliphatic heterocycles. The van der Waals surface area contributed by atoms with Crippen LogP contribution in [0.15, 0.2) is 34.9 Å². The first kappa shape index (κ1) is 19.7. The molecule has 0 fully saturated rings. The molecule has 0 spiro atoms. The Morgan fingerprint density at radius 3 is 2.57 bits per heavy atom. The summed E-state index contributed by atoms with van der Waals surface area (Å²) in [6, 6.07) is 6.63. The summed E-state index contributed by atoms with van der Waals surface area (Å²) < 4.78 is 46.2. The van der Waals surface area contributed by atoms with Crippen LogP contribution in [-0.4, -0.2) is 20.8 Å². The second kappa shape index (κ2) is 7.49. The highest BCUT2D eigenvalue weighted by atomic mass is 19.4. The first-order valence-corrected chi connectivity index (χ1v) is 8.61. The van der Waals surface area contributed by atoms with Gasteiger partial charge in [-0.3, -0.25) is 4.79 Å². The molecule has 6 nitrogen and oxygen atoms in total. The Morgan fingerprint density at radius 2 is 1.93 bits per heavy atom. The fourth-order valence-electron chi connectivity index (χ4n) is 2.97. The fourth-order valence-corrected chi connectivity index (χ4v) is 2.97. The van der Waals surface area contributed by atoms with Crippen LogP contribution in [0.2, 0.25) is 0 Å². The lowest BCUT2D eigenvalue weighted by atomic mass is 10.1. The van der Waals surface area contributed by atoms with E-state index in [0.717, 1.165) is 16.3 Å². The number of carbonyl (C=O) groups excluding carboxylic acids is 1. The highest BCUT2D eigenvalue weighted by Crippen LogP contribution is 2.34. The third-order valence-corrected chi connectivity index (χ3v) is 4.32. The molecule has 0 aliphatic carbocycles. The minimum Gasteiger partial charge on any atom is -0.361 e. The van der Waals surface area contributed by atoms with Gasteiger partial charge in [0.2, 0.25) is 5.91 Å². The Balaban J connectivity index is 1.83. The summed E-state index contributed by atoms with van der Waals surface area (Å²) in [5.74, 6) is 0.480. The highest BCUT2D eigenvalue weighted by molar-refractivity contribution is 5.90. The first-order chi connectivity index (χ1) is 13.2. The standard InChI is InChI=1S/C19H19F3N4O2/c1-11-10-17(23-18(27)9-8-14-12(2)25-28-13(14)3)26(24-11)16-7-5-4-6-15(16)19(20,21)22/h4-7,10H,8-9H2,1-3H3,(H,23,27). The molecule has 0 saturated heterocycles. The van der Waals surface area contributed by atoms with E-state index < -0.39 is 11.7 Å². The molecule has 0 bridgehead atoms.